The molecular formula is C15H17Br2F3O3. The summed E-state index contributed by atoms with van der Waals surface area (Å²) in [6.07, 6.45) is -5.57. The van der Waals surface area contributed by atoms with Crippen LogP contribution in [0.5, 0.6) is 5.75 Å². The minimum Gasteiger partial charge on any atom is -0.477 e. The second-order valence-corrected chi connectivity index (χ2v) is 7.58. The van der Waals surface area contributed by atoms with Gasteiger partial charge >= 0.3 is 12.1 Å². The third-order valence-electron chi connectivity index (χ3n) is 2.61. The van der Waals surface area contributed by atoms with Crippen LogP contribution in [0.25, 0.3) is 0 Å². The minimum atomic E-state index is -4.62. The maximum atomic E-state index is 13.2. The van der Waals surface area contributed by atoms with Gasteiger partial charge in [0, 0.05) is 4.47 Å². The molecule has 0 aliphatic rings. The molecule has 0 saturated carbocycles. The Hall–Kier alpha value is -0.760. The number of hydrogen-bond donors (Lipinski definition) is 0. The first-order chi connectivity index (χ1) is 10.3. The minimum absolute atomic E-state index is 0.0983. The molecule has 0 radical (unpaired) electrons. The molecule has 1 aromatic rings. The van der Waals surface area contributed by atoms with Crippen LogP contribution in [0.1, 0.15) is 39.7 Å². The molecule has 1 aromatic carbocycles. The lowest BCUT2D eigenvalue weighted by Crippen LogP contribution is -2.35. The highest BCUT2D eigenvalue weighted by atomic mass is 79.9. The Bertz CT molecular complexity index is 581. The van der Waals surface area contributed by atoms with Crippen LogP contribution < -0.4 is 4.74 Å². The van der Waals surface area contributed by atoms with E-state index in [-0.39, 0.29) is 15.4 Å². The number of halogens is 5. The van der Waals surface area contributed by atoms with Gasteiger partial charge in [0.25, 0.3) is 0 Å². The molecule has 0 aliphatic heterocycles. The monoisotopic (exact) mass is 460 g/mol. The molecule has 0 bridgehead atoms. The van der Waals surface area contributed by atoms with Gasteiger partial charge in [-0.25, -0.2) is 4.79 Å². The standard InChI is InChI=1S/C15H17Br2F3O3/c1-5-11(13(21)23-14(2,3)4)22-12-9(15(18,19)20)6-8(16)7-10(12)17/h6-7,11H,5H2,1-4H3. The van der Waals surface area contributed by atoms with E-state index >= 15 is 0 Å². The maximum absolute atomic E-state index is 13.2. The Kier molecular flexibility index (Phi) is 6.55. The highest BCUT2D eigenvalue weighted by Gasteiger charge is 2.37. The predicted molar refractivity (Wildman–Crippen MR) is 87.4 cm³/mol. The zero-order valence-electron chi connectivity index (χ0n) is 13.1. The highest BCUT2D eigenvalue weighted by Crippen LogP contribution is 2.43. The first-order valence-electron chi connectivity index (χ1n) is 6.81. The zero-order valence-corrected chi connectivity index (χ0v) is 16.2. The number of hydrogen-bond acceptors (Lipinski definition) is 3. The molecule has 0 fully saturated rings. The smallest absolute Gasteiger partial charge is 0.420 e. The van der Waals surface area contributed by atoms with Crippen molar-refractivity contribution >= 4 is 37.8 Å². The van der Waals surface area contributed by atoms with E-state index in [9.17, 15) is 18.0 Å². The number of esters is 1. The van der Waals surface area contributed by atoms with E-state index in [0.29, 0.717) is 0 Å². The molecule has 0 aromatic heterocycles. The van der Waals surface area contributed by atoms with E-state index in [0.717, 1.165) is 6.07 Å². The molecule has 1 unspecified atom stereocenters. The lowest BCUT2D eigenvalue weighted by atomic mass is 10.1. The molecule has 1 atom stereocenters. The molecule has 0 saturated heterocycles. The van der Waals surface area contributed by atoms with Crippen LogP contribution >= 0.6 is 31.9 Å². The fourth-order valence-corrected chi connectivity index (χ4v) is 3.02. The van der Waals surface area contributed by atoms with Crippen LogP contribution in [0.15, 0.2) is 21.1 Å². The molecule has 1 rings (SSSR count). The van der Waals surface area contributed by atoms with Gasteiger partial charge in [0.15, 0.2) is 6.10 Å². The van der Waals surface area contributed by atoms with Gasteiger partial charge in [0.05, 0.1) is 10.0 Å². The fourth-order valence-electron chi connectivity index (χ4n) is 1.70. The summed E-state index contributed by atoms with van der Waals surface area (Å²) in [5, 5.41) is 0. The van der Waals surface area contributed by atoms with Crippen molar-refractivity contribution < 1.29 is 27.4 Å². The summed E-state index contributed by atoms with van der Waals surface area (Å²) in [7, 11) is 0. The van der Waals surface area contributed by atoms with Crippen molar-refractivity contribution in [3.05, 3.63) is 26.6 Å². The van der Waals surface area contributed by atoms with E-state index in [1.165, 1.54) is 6.07 Å². The van der Waals surface area contributed by atoms with E-state index in [1.54, 1.807) is 27.7 Å². The summed E-state index contributed by atoms with van der Waals surface area (Å²) < 4.78 is 50.5. The number of carbonyl (C=O) groups excluding carboxylic acids is 1. The third kappa shape index (κ3) is 5.99. The molecule has 130 valence electrons. The maximum Gasteiger partial charge on any atom is 0.420 e. The quantitative estimate of drug-likeness (QED) is 0.537. The zero-order chi connectivity index (χ0) is 18.0. The number of rotatable bonds is 4. The van der Waals surface area contributed by atoms with Gasteiger partial charge in [-0.15, -0.1) is 0 Å². The molecule has 3 nitrogen and oxygen atoms in total. The first-order valence-corrected chi connectivity index (χ1v) is 8.39. The van der Waals surface area contributed by atoms with Crippen molar-refractivity contribution in [1.82, 2.24) is 0 Å². The lowest BCUT2D eigenvalue weighted by molar-refractivity contribution is -0.164. The van der Waals surface area contributed by atoms with Crippen molar-refractivity contribution in [2.24, 2.45) is 0 Å². The summed E-state index contributed by atoms with van der Waals surface area (Å²) in [6.45, 7) is 6.66. The van der Waals surface area contributed by atoms with Gasteiger partial charge < -0.3 is 9.47 Å². The Balaban J connectivity index is 3.18. The Morgan fingerprint density at radius 3 is 2.22 bits per heavy atom. The van der Waals surface area contributed by atoms with Gasteiger partial charge in [-0.1, -0.05) is 22.9 Å². The van der Waals surface area contributed by atoms with Crippen LogP contribution in [-0.2, 0) is 15.7 Å². The number of ether oxygens (including phenoxy) is 2. The van der Waals surface area contributed by atoms with Crippen LogP contribution in [0.2, 0.25) is 0 Å². The van der Waals surface area contributed by atoms with Gasteiger partial charge in [-0.2, -0.15) is 13.2 Å². The Morgan fingerprint density at radius 2 is 1.78 bits per heavy atom. The molecule has 8 heteroatoms. The lowest BCUT2D eigenvalue weighted by Gasteiger charge is -2.25. The van der Waals surface area contributed by atoms with Crippen LogP contribution in [-0.4, -0.2) is 17.7 Å². The number of benzene rings is 1. The summed E-state index contributed by atoms with van der Waals surface area (Å²) >= 11 is 6.07. The van der Waals surface area contributed by atoms with E-state index < -0.39 is 35.2 Å². The molecule has 0 N–H and O–H groups in total. The van der Waals surface area contributed by atoms with Gasteiger partial charge in [-0.05, 0) is 55.3 Å². The van der Waals surface area contributed by atoms with Crippen molar-refractivity contribution in [2.45, 2.75) is 52.0 Å². The van der Waals surface area contributed by atoms with Gasteiger partial charge in [-0.3, -0.25) is 0 Å². The van der Waals surface area contributed by atoms with Crippen molar-refractivity contribution in [3.63, 3.8) is 0 Å². The second kappa shape index (κ2) is 7.42. The normalized spacial score (nSPS) is 13.6. The fraction of sp³-hybridized carbons (Fsp3) is 0.533. The van der Waals surface area contributed by atoms with Crippen molar-refractivity contribution in [2.75, 3.05) is 0 Å². The van der Waals surface area contributed by atoms with Crippen molar-refractivity contribution in [3.8, 4) is 5.75 Å². The SMILES string of the molecule is CCC(Oc1c(Br)cc(Br)cc1C(F)(F)F)C(=O)OC(C)(C)C. The molecule has 0 spiro atoms. The molecule has 0 heterocycles. The average Bonchev–Trinajstić information content (AvgIpc) is 2.33. The largest absolute Gasteiger partial charge is 0.477 e. The highest BCUT2D eigenvalue weighted by molar-refractivity contribution is 9.11. The predicted octanol–water partition coefficient (Wildman–Crippen LogP) is 5.73. The van der Waals surface area contributed by atoms with E-state index in [4.69, 9.17) is 9.47 Å². The molecular weight excluding hydrogens is 445 g/mol. The first kappa shape index (κ1) is 20.3. The summed E-state index contributed by atoms with van der Waals surface area (Å²) in [5.41, 5.74) is -1.72. The molecule has 0 amide bonds. The van der Waals surface area contributed by atoms with Crippen LogP contribution in [0.4, 0.5) is 13.2 Å². The molecule has 0 aliphatic carbocycles. The number of carbonyl (C=O) groups is 1. The Labute approximate surface area is 149 Å². The van der Waals surface area contributed by atoms with Crippen molar-refractivity contribution in [1.29, 1.82) is 0 Å². The summed E-state index contributed by atoms with van der Waals surface area (Å²) in [6, 6.07) is 2.33. The average molecular weight is 462 g/mol. The van der Waals surface area contributed by atoms with Crippen LogP contribution in [0.3, 0.4) is 0 Å². The van der Waals surface area contributed by atoms with Gasteiger partial charge in [0.2, 0.25) is 0 Å². The van der Waals surface area contributed by atoms with Gasteiger partial charge in [0.1, 0.15) is 11.4 Å². The molecule has 23 heavy (non-hydrogen) atoms. The Morgan fingerprint density at radius 1 is 1.22 bits per heavy atom. The van der Waals surface area contributed by atoms with E-state index in [1.807, 2.05) is 0 Å². The third-order valence-corrected chi connectivity index (χ3v) is 3.66. The summed E-state index contributed by atoms with van der Waals surface area (Å²) in [5.74, 6) is -1.14. The topological polar surface area (TPSA) is 35.5 Å². The second-order valence-electron chi connectivity index (χ2n) is 5.81. The van der Waals surface area contributed by atoms with E-state index in [2.05, 4.69) is 31.9 Å². The van der Waals surface area contributed by atoms with Crippen LogP contribution in [0, 0.1) is 0 Å². The summed E-state index contributed by atoms with van der Waals surface area (Å²) in [4.78, 5) is 12.1. The number of alkyl halides is 3.